The number of aromatic nitrogens is 1. The van der Waals surface area contributed by atoms with Crippen LogP contribution in [0.25, 0.3) is 0 Å². The standard InChI is InChI=1S/C21H24N4O3/c1-13-4-5-17(18-19(13)27-10-21(18)6-7-21)28-20-14(2)8-16(9-22-20)25-12-26-11-23-24-15(25)3/h4-5,8-9,23H,6-7,10-12H2,1-3H3. The number of fused-ring (bicyclic) bond motifs is 2. The Hall–Kier alpha value is -2.80. The molecule has 2 aromatic rings. The SMILES string of the molecule is CC1=NNCOCN1c1cnc(Oc2ccc(C)c3c2C2(CC2)CO3)c(C)c1. The quantitative estimate of drug-likeness (QED) is 0.878. The molecule has 1 N–H and O–H groups in total. The van der Waals surface area contributed by atoms with Crippen molar-refractivity contribution < 1.29 is 14.2 Å². The zero-order chi connectivity index (χ0) is 19.3. The third-order valence-electron chi connectivity index (χ3n) is 5.75. The monoisotopic (exact) mass is 380 g/mol. The van der Waals surface area contributed by atoms with E-state index < -0.39 is 0 Å². The predicted molar refractivity (Wildman–Crippen MR) is 106 cm³/mol. The molecule has 3 aliphatic rings. The van der Waals surface area contributed by atoms with Gasteiger partial charge in [-0.05, 0) is 51.3 Å². The summed E-state index contributed by atoms with van der Waals surface area (Å²) in [7, 11) is 0. The first-order valence-electron chi connectivity index (χ1n) is 9.61. The smallest absolute Gasteiger partial charge is 0.222 e. The summed E-state index contributed by atoms with van der Waals surface area (Å²) in [6.07, 6.45) is 4.12. The van der Waals surface area contributed by atoms with Crippen molar-refractivity contribution in [2.75, 3.05) is 25.0 Å². The molecule has 7 heteroatoms. The maximum atomic E-state index is 6.29. The highest BCUT2D eigenvalue weighted by Crippen LogP contribution is 2.59. The molecule has 1 saturated carbocycles. The minimum Gasteiger partial charge on any atom is -0.492 e. The van der Waals surface area contributed by atoms with Crippen molar-refractivity contribution in [3.63, 3.8) is 0 Å². The Labute approximate surface area is 164 Å². The molecule has 0 amide bonds. The first-order chi connectivity index (χ1) is 13.6. The summed E-state index contributed by atoms with van der Waals surface area (Å²) in [5.41, 5.74) is 7.27. The summed E-state index contributed by atoms with van der Waals surface area (Å²) in [6.45, 7) is 7.61. The average Bonchev–Trinajstić information content (AvgIpc) is 3.40. The van der Waals surface area contributed by atoms with Gasteiger partial charge in [0.15, 0.2) is 0 Å². The van der Waals surface area contributed by atoms with Crippen molar-refractivity contribution in [3.8, 4) is 17.4 Å². The van der Waals surface area contributed by atoms with Gasteiger partial charge in [0.25, 0.3) is 0 Å². The molecule has 28 heavy (non-hydrogen) atoms. The molecule has 7 nitrogen and oxygen atoms in total. The second-order valence-electron chi connectivity index (χ2n) is 7.79. The van der Waals surface area contributed by atoms with Crippen molar-refractivity contribution in [2.24, 2.45) is 5.10 Å². The van der Waals surface area contributed by atoms with Gasteiger partial charge in [0.05, 0.1) is 18.5 Å². The number of hydrogen-bond donors (Lipinski definition) is 1. The summed E-state index contributed by atoms with van der Waals surface area (Å²) < 4.78 is 17.8. The zero-order valence-corrected chi connectivity index (χ0v) is 16.4. The molecule has 0 unspecified atom stereocenters. The second-order valence-corrected chi connectivity index (χ2v) is 7.79. The van der Waals surface area contributed by atoms with Crippen molar-refractivity contribution in [1.82, 2.24) is 10.4 Å². The molecule has 1 spiro atoms. The van der Waals surface area contributed by atoms with E-state index in [2.05, 4.69) is 28.5 Å². The highest BCUT2D eigenvalue weighted by molar-refractivity contribution is 5.95. The lowest BCUT2D eigenvalue weighted by molar-refractivity contribution is 0.130. The maximum absolute atomic E-state index is 6.29. The van der Waals surface area contributed by atoms with Gasteiger partial charge in [-0.2, -0.15) is 5.10 Å². The molecule has 1 aromatic carbocycles. The van der Waals surface area contributed by atoms with Gasteiger partial charge < -0.3 is 19.1 Å². The Bertz CT molecular complexity index is 968. The number of rotatable bonds is 3. The molecule has 1 aliphatic carbocycles. The van der Waals surface area contributed by atoms with Crippen LogP contribution in [0.1, 0.15) is 36.5 Å². The number of nitrogens with one attached hydrogen (secondary N) is 1. The van der Waals surface area contributed by atoms with Crippen molar-refractivity contribution >= 4 is 11.5 Å². The van der Waals surface area contributed by atoms with E-state index in [0.717, 1.165) is 53.6 Å². The summed E-state index contributed by atoms with van der Waals surface area (Å²) in [5, 5.41) is 4.27. The number of anilines is 1. The zero-order valence-electron chi connectivity index (χ0n) is 16.4. The first-order valence-corrected chi connectivity index (χ1v) is 9.61. The van der Waals surface area contributed by atoms with E-state index in [1.807, 2.05) is 30.9 Å². The average molecular weight is 380 g/mol. The van der Waals surface area contributed by atoms with Crippen LogP contribution in [0.4, 0.5) is 5.69 Å². The summed E-state index contributed by atoms with van der Waals surface area (Å²) in [6, 6.07) is 6.15. The molecule has 5 rings (SSSR count). The van der Waals surface area contributed by atoms with Crippen LogP contribution in [0.5, 0.6) is 17.4 Å². The number of aryl methyl sites for hydroxylation is 2. The third-order valence-corrected chi connectivity index (χ3v) is 5.75. The number of nitrogens with zero attached hydrogens (tertiary/aromatic N) is 3. The minimum absolute atomic E-state index is 0.147. The topological polar surface area (TPSA) is 68.2 Å². The molecule has 146 valence electrons. The van der Waals surface area contributed by atoms with E-state index in [1.165, 1.54) is 5.56 Å². The van der Waals surface area contributed by atoms with Gasteiger partial charge in [0, 0.05) is 16.5 Å². The van der Waals surface area contributed by atoms with Crippen molar-refractivity contribution in [1.29, 1.82) is 0 Å². The molecule has 1 fully saturated rings. The molecule has 0 bridgehead atoms. The van der Waals surface area contributed by atoms with Crippen LogP contribution in [0.2, 0.25) is 0 Å². The van der Waals surface area contributed by atoms with Crippen LogP contribution in [0.3, 0.4) is 0 Å². The Balaban J connectivity index is 1.46. The van der Waals surface area contributed by atoms with Crippen molar-refractivity contribution in [2.45, 2.75) is 39.0 Å². The van der Waals surface area contributed by atoms with E-state index in [9.17, 15) is 0 Å². The van der Waals surface area contributed by atoms with E-state index in [1.54, 1.807) is 6.20 Å². The number of hydrogen-bond acceptors (Lipinski definition) is 7. The summed E-state index contributed by atoms with van der Waals surface area (Å²) in [5.74, 6) is 3.29. The van der Waals surface area contributed by atoms with E-state index in [-0.39, 0.29) is 5.41 Å². The molecular weight excluding hydrogens is 356 g/mol. The molecular formula is C21H24N4O3. The molecule has 0 saturated heterocycles. The lowest BCUT2D eigenvalue weighted by atomic mass is 9.95. The van der Waals surface area contributed by atoms with Gasteiger partial charge in [-0.3, -0.25) is 5.43 Å². The fourth-order valence-corrected chi connectivity index (χ4v) is 3.92. The highest BCUT2D eigenvalue weighted by atomic mass is 16.5. The number of pyridine rings is 1. The van der Waals surface area contributed by atoms with Gasteiger partial charge in [-0.1, -0.05) is 6.07 Å². The Kier molecular flexibility index (Phi) is 3.94. The largest absolute Gasteiger partial charge is 0.492 e. The number of hydrazone groups is 1. The maximum Gasteiger partial charge on any atom is 0.222 e. The van der Waals surface area contributed by atoms with Crippen molar-refractivity contribution in [3.05, 3.63) is 41.1 Å². The van der Waals surface area contributed by atoms with E-state index in [4.69, 9.17) is 14.2 Å². The molecule has 2 aliphatic heterocycles. The number of ether oxygens (including phenoxy) is 3. The van der Waals surface area contributed by atoms with Crippen LogP contribution in [0, 0.1) is 13.8 Å². The highest BCUT2D eigenvalue weighted by Gasteiger charge is 2.53. The van der Waals surface area contributed by atoms with Crippen LogP contribution in [0.15, 0.2) is 29.5 Å². The van der Waals surface area contributed by atoms with Gasteiger partial charge in [-0.15, -0.1) is 0 Å². The van der Waals surface area contributed by atoms with E-state index >= 15 is 0 Å². The van der Waals surface area contributed by atoms with Crippen LogP contribution in [-0.4, -0.2) is 30.9 Å². The first kappa shape index (κ1) is 17.3. The summed E-state index contributed by atoms with van der Waals surface area (Å²) in [4.78, 5) is 6.57. The van der Waals surface area contributed by atoms with Gasteiger partial charge in [-0.25, -0.2) is 4.98 Å². The van der Waals surface area contributed by atoms with Gasteiger partial charge in [0.2, 0.25) is 5.88 Å². The molecule has 1 aromatic heterocycles. The number of benzene rings is 1. The van der Waals surface area contributed by atoms with Crippen LogP contribution < -0.4 is 19.8 Å². The normalized spacial score (nSPS) is 19.4. The fourth-order valence-electron chi connectivity index (χ4n) is 3.92. The Morgan fingerprint density at radius 3 is 2.82 bits per heavy atom. The minimum atomic E-state index is 0.147. The molecule has 0 atom stereocenters. The predicted octanol–water partition coefficient (Wildman–Crippen LogP) is 3.59. The van der Waals surface area contributed by atoms with Crippen LogP contribution >= 0.6 is 0 Å². The van der Waals surface area contributed by atoms with E-state index in [0.29, 0.717) is 19.3 Å². The fraction of sp³-hybridized carbons (Fsp3) is 0.429. The van der Waals surface area contributed by atoms with Crippen LogP contribution in [-0.2, 0) is 10.2 Å². The second kappa shape index (κ2) is 6.38. The molecule has 0 radical (unpaired) electrons. The molecule has 3 heterocycles. The van der Waals surface area contributed by atoms with Gasteiger partial charge >= 0.3 is 0 Å². The third kappa shape index (κ3) is 2.77. The lowest BCUT2D eigenvalue weighted by Crippen LogP contribution is -2.30. The lowest BCUT2D eigenvalue weighted by Gasteiger charge is -2.22. The number of amidine groups is 1. The Morgan fingerprint density at radius 1 is 1.18 bits per heavy atom. The Morgan fingerprint density at radius 2 is 2.04 bits per heavy atom. The summed E-state index contributed by atoms with van der Waals surface area (Å²) >= 11 is 0. The van der Waals surface area contributed by atoms with Gasteiger partial charge in [0.1, 0.15) is 30.8 Å².